The van der Waals surface area contributed by atoms with Crippen molar-refractivity contribution in [2.75, 3.05) is 0 Å². The molecule has 14 heavy (non-hydrogen) atoms. The molecule has 1 aliphatic carbocycles. The molecule has 0 fully saturated rings. The number of fused-ring (bicyclic) bond motifs is 1. The lowest BCUT2D eigenvalue weighted by molar-refractivity contribution is 0.522. The monoisotopic (exact) mass is 186 g/mol. The molecule has 0 heteroatoms. The molecule has 0 saturated carbocycles. The van der Waals surface area contributed by atoms with E-state index in [4.69, 9.17) is 0 Å². The molecule has 0 radical (unpaired) electrons. The summed E-state index contributed by atoms with van der Waals surface area (Å²) in [4.78, 5) is 0. The number of benzene rings is 1. The maximum atomic E-state index is 3.99. The van der Waals surface area contributed by atoms with E-state index in [0.29, 0.717) is 5.41 Å². The van der Waals surface area contributed by atoms with Crippen LogP contribution in [0.3, 0.4) is 0 Å². The van der Waals surface area contributed by atoms with Crippen LogP contribution >= 0.6 is 0 Å². The first-order valence-electron chi connectivity index (χ1n) is 5.30. The summed E-state index contributed by atoms with van der Waals surface area (Å²) in [6.45, 7) is 10.7. The molecule has 0 N–H and O–H groups in total. The summed E-state index contributed by atoms with van der Waals surface area (Å²) in [5.41, 5.74) is 5.89. The molecule has 0 nitrogen and oxygen atoms in total. The normalized spacial score (nSPS) is 17.9. The van der Waals surface area contributed by atoms with Gasteiger partial charge in [-0.3, -0.25) is 0 Å². The highest BCUT2D eigenvalue weighted by molar-refractivity contribution is 5.63. The van der Waals surface area contributed by atoms with Gasteiger partial charge in [0.25, 0.3) is 0 Å². The van der Waals surface area contributed by atoms with Gasteiger partial charge in [-0.2, -0.15) is 0 Å². The summed E-state index contributed by atoms with van der Waals surface area (Å²) in [6, 6.07) is 6.80. The zero-order chi connectivity index (χ0) is 10.3. The fraction of sp³-hybridized carbons (Fsp3) is 0.429. The Morgan fingerprint density at radius 3 is 2.71 bits per heavy atom. The first-order valence-corrected chi connectivity index (χ1v) is 5.30. The number of aryl methyl sites for hydroxylation is 1. The third kappa shape index (κ3) is 1.39. The van der Waals surface area contributed by atoms with Crippen molar-refractivity contribution >= 4 is 5.57 Å². The Morgan fingerprint density at radius 2 is 2.07 bits per heavy atom. The van der Waals surface area contributed by atoms with Crippen molar-refractivity contribution in [3.63, 3.8) is 0 Å². The van der Waals surface area contributed by atoms with Gasteiger partial charge in [0.05, 0.1) is 0 Å². The van der Waals surface area contributed by atoms with Gasteiger partial charge in [-0.1, -0.05) is 44.2 Å². The predicted octanol–water partition coefficient (Wildman–Crippen LogP) is 3.94. The number of rotatable bonds is 1. The molecule has 1 aromatic carbocycles. The largest absolute Gasteiger partial charge is 0.0955 e. The molecule has 2 rings (SSSR count). The molecule has 0 heterocycles. The number of hydrogen-bond acceptors (Lipinski definition) is 0. The van der Waals surface area contributed by atoms with Gasteiger partial charge in [0.15, 0.2) is 0 Å². The lowest BCUT2D eigenvalue weighted by atomic mass is 9.86. The van der Waals surface area contributed by atoms with Crippen LogP contribution in [0.2, 0.25) is 0 Å². The van der Waals surface area contributed by atoms with Crippen molar-refractivity contribution in [3.8, 4) is 0 Å². The topological polar surface area (TPSA) is 0 Å². The fourth-order valence-electron chi connectivity index (χ4n) is 2.31. The van der Waals surface area contributed by atoms with Crippen LogP contribution in [-0.4, -0.2) is 0 Å². The average Bonchev–Trinajstić information content (AvgIpc) is 2.42. The van der Waals surface area contributed by atoms with Crippen molar-refractivity contribution in [3.05, 3.63) is 41.5 Å². The summed E-state index contributed by atoms with van der Waals surface area (Å²) < 4.78 is 0. The molecule has 0 aromatic heterocycles. The molecule has 0 saturated heterocycles. The molecule has 0 amide bonds. The van der Waals surface area contributed by atoms with Crippen molar-refractivity contribution in [1.82, 2.24) is 0 Å². The Balaban J connectivity index is 2.49. The van der Waals surface area contributed by atoms with E-state index in [1.807, 2.05) is 0 Å². The van der Waals surface area contributed by atoms with Crippen LogP contribution in [0.15, 0.2) is 24.8 Å². The Hall–Kier alpha value is -1.04. The Morgan fingerprint density at radius 1 is 1.36 bits per heavy atom. The van der Waals surface area contributed by atoms with Crippen LogP contribution < -0.4 is 0 Å². The third-order valence-corrected chi connectivity index (χ3v) is 3.35. The van der Waals surface area contributed by atoms with Gasteiger partial charge in [0.2, 0.25) is 0 Å². The van der Waals surface area contributed by atoms with Crippen LogP contribution in [0, 0.1) is 0 Å². The van der Waals surface area contributed by atoms with E-state index in [1.54, 1.807) is 0 Å². The first-order chi connectivity index (χ1) is 6.50. The fourth-order valence-corrected chi connectivity index (χ4v) is 2.31. The van der Waals surface area contributed by atoms with E-state index in [2.05, 4.69) is 45.5 Å². The zero-order valence-electron chi connectivity index (χ0n) is 9.35. The van der Waals surface area contributed by atoms with Gasteiger partial charge in [-0.25, -0.2) is 0 Å². The molecule has 1 aromatic rings. The SMILES string of the molecule is C=C(C)c1ccc2c(c1)CCC2(C)C. The zero-order valence-corrected chi connectivity index (χ0v) is 9.35. The van der Waals surface area contributed by atoms with Gasteiger partial charge in [0.1, 0.15) is 0 Å². The van der Waals surface area contributed by atoms with Crippen molar-refractivity contribution < 1.29 is 0 Å². The summed E-state index contributed by atoms with van der Waals surface area (Å²) in [6.07, 6.45) is 2.51. The van der Waals surface area contributed by atoms with Gasteiger partial charge >= 0.3 is 0 Å². The van der Waals surface area contributed by atoms with Gasteiger partial charge in [0, 0.05) is 0 Å². The van der Waals surface area contributed by atoms with Crippen LogP contribution in [-0.2, 0) is 11.8 Å². The van der Waals surface area contributed by atoms with E-state index in [1.165, 1.54) is 29.5 Å². The standard InChI is InChI=1S/C14H18/c1-10(2)11-5-6-13-12(9-11)7-8-14(13,3)4/h5-6,9H,1,7-8H2,2-4H3. The number of allylic oxidation sites excluding steroid dienone is 1. The summed E-state index contributed by atoms with van der Waals surface area (Å²) >= 11 is 0. The predicted molar refractivity (Wildman–Crippen MR) is 62.5 cm³/mol. The maximum Gasteiger partial charge on any atom is -0.00977 e. The minimum absolute atomic E-state index is 0.378. The highest BCUT2D eigenvalue weighted by Crippen LogP contribution is 2.38. The lowest BCUT2D eigenvalue weighted by Gasteiger charge is -2.18. The minimum atomic E-state index is 0.378. The Bertz CT molecular complexity index is 383. The summed E-state index contributed by atoms with van der Waals surface area (Å²) in [5.74, 6) is 0. The van der Waals surface area contributed by atoms with E-state index in [-0.39, 0.29) is 0 Å². The van der Waals surface area contributed by atoms with Gasteiger partial charge in [-0.15, -0.1) is 0 Å². The quantitative estimate of drug-likeness (QED) is 0.623. The second-order valence-corrected chi connectivity index (χ2v) is 5.04. The highest BCUT2D eigenvalue weighted by Gasteiger charge is 2.29. The maximum absolute atomic E-state index is 3.99. The average molecular weight is 186 g/mol. The van der Waals surface area contributed by atoms with Gasteiger partial charge in [-0.05, 0) is 41.9 Å². The van der Waals surface area contributed by atoms with E-state index in [0.717, 1.165) is 5.57 Å². The van der Waals surface area contributed by atoms with Crippen molar-refractivity contribution in [2.45, 2.75) is 39.0 Å². The van der Waals surface area contributed by atoms with Crippen LogP contribution in [0.5, 0.6) is 0 Å². The third-order valence-electron chi connectivity index (χ3n) is 3.35. The smallest absolute Gasteiger partial charge is 0.00977 e. The summed E-state index contributed by atoms with van der Waals surface area (Å²) in [5, 5.41) is 0. The molecular formula is C14H18. The van der Waals surface area contributed by atoms with Crippen LogP contribution in [0.4, 0.5) is 0 Å². The molecule has 0 bridgehead atoms. The van der Waals surface area contributed by atoms with E-state index in [9.17, 15) is 0 Å². The molecule has 0 spiro atoms. The number of hydrogen-bond donors (Lipinski definition) is 0. The molecule has 0 aliphatic heterocycles. The van der Waals surface area contributed by atoms with Crippen molar-refractivity contribution in [1.29, 1.82) is 0 Å². The van der Waals surface area contributed by atoms with E-state index < -0.39 is 0 Å². The second kappa shape index (κ2) is 2.98. The van der Waals surface area contributed by atoms with Crippen LogP contribution in [0.25, 0.3) is 5.57 Å². The van der Waals surface area contributed by atoms with Gasteiger partial charge < -0.3 is 0 Å². The lowest BCUT2D eigenvalue weighted by Crippen LogP contribution is -2.11. The van der Waals surface area contributed by atoms with Crippen molar-refractivity contribution in [2.24, 2.45) is 0 Å². The molecule has 1 aliphatic rings. The minimum Gasteiger partial charge on any atom is -0.0955 e. The second-order valence-electron chi connectivity index (χ2n) is 5.04. The molecule has 0 unspecified atom stereocenters. The summed E-state index contributed by atoms with van der Waals surface area (Å²) in [7, 11) is 0. The highest BCUT2D eigenvalue weighted by atomic mass is 14.3. The Kier molecular flexibility index (Phi) is 2.02. The Labute approximate surface area is 86.7 Å². The molecule has 74 valence electrons. The van der Waals surface area contributed by atoms with E-state index >= 15 is 0 Å². The molecular weight excluding hydrogens is 168 g/mol. The molecule has 0 atom stereocenters. The first kappa shape index (κ1) is 9.51. The van der Waals surface area contributed by atoms with Crippen LogP contribution in [0.1, 0.15) is 43.9 Å².